The quantitative estimate of drug-likeness (QED) is 0.764. The second-order valence-corrected chi connectivity index (χ2v) is 5.39. The van der Waals surface area contributed by atoms with Crippen LogP contribution in [0.15, 0.2) is 0 Å². The Morgan fingerprint density at radius 3 is 2.61 bits per heavy atom. The summed E-state index contributed by atoms with van der Waals surface area (Å²) in [5.74, 6) is 0.476. The van der Waals surface area contributed by atoms with Crippen molar-refractivity contribution in [2.24, 2.45) is 11.7 Å². The Balaban J connectivity index is 2.62. The van der Waals surface area contributed by atoms with Crippen LogP contribution < -0.4 is 5.73 Å². The molecule has 1 aliphatic rings. The minimum absolute atomic E-state index is 0.0675. The van der Waals surface area contributed by atoms with E-state index in [2.05, 4.69) is 4.90 Å². The van der Waals surface area contributed by atoms with Gasteiger partial charge in [0, 0.05) is 25.6 Å². The number of rotatable bonds is 5. The van der Waals surface area contributed by atoms with Gasteiger partial charge >= 0.3 is 0 Å². The predicted molar refractivity (Wildman–Crippen MR) is 78.5 cm³/mol. The molecule has 5 heteroatoms. The fourth-order valence-corrected chi connectivity index (χ4v) is 2.74. The molecule has 0 bridgehead atoms. The van der Waals surface area contributed by atoms with Crippen LogP contribution in [0.1, 0.15) is 33.6 Å². The van der Waals surface area contributed by atoms with Crippen LogP contribution in [0.25, 0.3) is 0 Å². The first kappa shape index (κ1) is 15.4. The number of carbonyl (C=O) groups excluding carboxylic acids is 1. The Morgan fingerprint density at radius 1 is 1.50 bits per heavy atom. The van der Waals surface area contributed by atoms with Crippen molar-refractivity contribution in [3.05, 3.63) is 0 Å². The van der Waals surface area contributed by atoms with Gasteiger partial charge in [0.05, 0.1) is 11.0 Å². The van der Waals surface area contributed by atoms with E-state index in [0.29, 0.717) is 4.99 Å². The number of nitrogens with zero attached hydrogens (tertiary/aromatic N) is 2. The number of amides is 1. The number of hydrogen-bond acceptors (Lipinski definition) is 3. The van der Waals surface area contributed by atoms with Crippen molar-refractivity contribution >= 4 is 23.1 Å². The molecule has 1 saturated heterocycles. The van der Waals surface area contributed by atoms with Crippen molar-refractivity contribution in [2.75, 3.05) is 26.2 Å². The van der Waals surface area contributed by atoms with Gasteiger partial charge in [0.1, 0.15) is 0 Å². The van der Waals surface area contributed by atoms with Gasteiger partial charge in [-0.25, -0.2) is 0 Å². The molecule has 0 aromatic rings. The molecule has 1 fully saturated rings. The fraction of sp³-hybridized carbons (Fsp3) is 0.846. The maximum atomic E-state index is 12.3. The third-order valence-electron chi connectivity index (χ3n) is 3.84. The summed E-state index contributed by atoms with van der Waals surface area (Å²) in [7, 11) is 0. The van der Waals surface area contributed by atoms with Crippen LogP contribution in [0, 0.1) is 5.92 Å². The van der Waals surface area contributed by atoms with Crippen LogP contribution in [-0.2, 0) is 4.79 Å². The summed E-state index contributed by atoms with van der Waals surface area (Å²) in [6.07, 6.45) is 2.12. The molecule has 0 radical (unpaired) electrons. The van der Waals surface area contributed by atoms with Crippen LogP contribution in [0.3, 0.4) is 0 Å². The lowest BCUT2D eigenvalue weighted by Gasteiger charge is -2.37. The van der Waals surface area contributed by atoms with Crippen molar-refractivity contribution in [3.63, 3.8) is 0 Å². The number of piperidine rings is 1. The van der Waals surface area contributed by atoms with Gasteiger partial charge in [0.15, 0.2) is 0 Å². The summed E-state index contributed by atoms with van der Waals surface area (Å²) in [5, 5.41) is 0. The third kappa shape index (κ3) is 3.65. The molecule has 1 aliphatic heterocycles. The zero-order valence-corrected chi connectivity index (χ0v) is 12.5. The molecule has 4 nitrogen and oxygen atoms in total. The minimum Gasteiger partial charge on any atom is -0.393 e. The van der Waals surface area contributed by atoms with Crippen LogP contribution in [0.5, 0.6) is 0 Å². The van der Waals surface area contributed by atoms with Crippen LogP contribution in [0.2, 0.25) is 0 Å². The van der Waals surface area contributed by atoms with E-state index in [0.717, 1.165) is 39.0 Å². The summed E-state index contributed by atoms with van der Waals surface area (Å²) in [4.78, 5) is 17.0. The third-order valence-corrected chi connectivity index (χ3v) is 4.17. The number of thiocarbonyl (C=S) groups is 1. The van der Waals surface area contributed by atoms with Crippen molar-refractivity contribution < 1.29 is 4.79 Å². The van der Waals surface area contributed by atoms with Crippen molar-refractivity contribution in [1.29, 1.82) is 0 Å². The van der Waals surface area contributed by atoms with Gasteiger partial charge in [-0.3, -0.25) is 9.69 Å². The van der Waals surface area contributed by atoms with E-state index in [-0.39, 0.29) is 17.9 Å². The molecular formula is C13H25N3OS. The number of likely N-dealkylation sites (N-methyl/N-ethyl adjacent to an activating group) is 1. The molecule has 104 valence electrons. The molecule has 0 aromatic heterocycles. The van der Waals surface area contributed by atoms with Gasteiger partial charge in [-0.1, -0.05) is 12.2 Å². The molecule has 1 amide bonds. The molecule has 2 atom stereocenters. The Kier molecular flexibility index (Phi) is 6.02. The van der Waals surface area contributed by atoms with Crippen molar-refractivity contribution in [3.8, 4) is 0 Å². The number of likely N-dealkylation sites (tertiary alicyclic amines) is 1. The average molecular weight is 271 g/mol. The monoisotopic (exact) mass is 271 g/mol. The second-order valence-electron chi connectivity index (χ2n) is 4.92. The standard InChI is InChI=1S/C13H25N3OS/c1-4-15(5-2)13(17)10(3)16-8-6-7-11(9-16)12(14)18/h10-11H,4-9H2,1-3H3,(H2,14,18). The molecule has 1 heterocycles. The molecule has 2 N–H and O–H groups in total. The normalized spacial score (nSPS) is 22.5. The summed E-state index contributed by atoms with van der Waals surface area (Å²) in [5.41, 5.74) is 5.73. The van der Waals surface area contributed by atoms with E-state index >= 15 is 0 Å². The highest BCUT2D eigenvalue weighted by molar-refractivity contribution is 7.80. The van der Waals surface area contributed by atoms with E-state index in [1.165, 1.54) is 0 Å². The summed E-state index contributed by atoms with van der Waals surface area (Å²) >= 11 is 5.07. The molecule has 0 aromatic carbocycles. The highest BCUT2D eigenvalue weighted by atomic mass is 32.1. The Labute approximate surface area is 115 Å². The number of carbonyl (C=O) groups is 1. The molecule has 2 unspecified atom stereocenters. The van der Waals surface area contributed by atoms with Crippen LogP contribution in [0.4, 0.5) is 0 Å². The fourth-order valence-electron chi connectivity index (χ4n) is 2.55. The van der Waals surface area contributed by atoms with Gasteiger partial charge in [0.2, 0.25) is 5.91 Å². The average Bonchev–Trinajstić information content (AvgIpc) is 2.39. The SMILES string of the molecule is CCN(CC)C(=O)C(C)N1CCCC(C(N)=S)C1. The first-order chi connectivity index (χ1) is 8.51. The predicted octanol–water partition coefficient (Wildman–Crippen LogP) is 1.24. The first-order valence-electron chi connectivity index (χ1n) is 6.83. The van der Waals surface area contributed by atoms with Gasteiger partial charge in [-0.05, 0) is 40.2 Å². The van der Waals surface area contributed by atoms with E-state index in [1.807, 2.05) is 25.7 Å². The first-order valence-corrected chi connectivity index (χ1v) is 7.24. The van der Waals surface area contributed by atoms with E-state index in [1.54, 1.807) is 0 Å². The van der Waals surface area contributed by atoms with E-state index < -0.39 is 0 Å². The zero-order valence-electron chi connectivity index (χ0n) is 11.7. The molecule has 1 rings (SSSR count). The van der Waals surface area contributed by atoms with Gasteiger partial charge < -0.3 is 10.6 Å². The highest BCUT2D eigenvalue weighted by Crippen LogP contribution is 2.19. The van der Waals surface area contributed by atoms with Gasteiger partial charge in [-0.2, -0.15) is 0 Å². The van der Waals surface area contributed by atoms with Gasteiger partial charge in [-0.15, -0.1) is 0 Å². The molecule has 0 spiro atoms. The lowest BCUT2D eigenvalue weighted by Crippen LogP contribution is -2.51. The smallest absolute Gasteiger partial charge is 0.239 e. The number of nitrogens with two attached hydrogens (primary N) is 1. The Morgan fingerprint density at radius 2 is 2.11 bits per heavy atom. The summed E-state index contributed by atoms with van der Waals surface area (Å²) in [6.45, 7) is 9.35. The Bertz CT molecular complexity index is 305. The largest absolute Gasteiger partial charge is 0.393 e. The van der Waals surface area contributed by atoms with Gasteiger partial charge in [0.25, 0.3) is 0 Å². The zero-order chi connectivity index (χ0) is 13.7. The number of hydrogen-bond donors (Lipinski definition) is 1. The van der Waals surface area contributed by atoms with E-state index in [9.17, 15) is 4.79 Å². The maximum Gasteiger partial charge on any atom is 0.239 e. The topological polar surface area (TPSA) is 49.6 Å². The minimum atomic E-state index is -0.0675. The van der Waals surface area contributed by atoms with Crippen LogP contribution in [-0.4, -0.2) is 52.9 Å². The summed E-state index contributed by atoms with van der Waals surface area (Å²) < 4.78 is 0. The summed E-state index contributed by atoms with van der Waals surface area (Å²) in [6, 6.07) is -0.0675. The second kappa shape index (κ2) is 7.04. The van der Waals surface area contributed by atoms with Crippen molar-refractivity contribution in [1.82, 2.24) is 9.80 Å². The maximum absolute atomic E-state index is 12.3. The molecule has 0 aliphatic carbocycles. The van der Waals surface area contributed by atoms with Crippen LogP contribution >= 0.6 is 12.2 Å². The Hall–Kier alpha value is -0.680. The highest BCUT2D eigenvalue weighted by Gasteiger charge is 2.29. The lowest BCUT2D eigenvalue weighted by atomic mass is 9.96. The molecule has 18 heavy (non-hydrogen) atoms. The molecule has 0 saturated carbocycles. The van der Waals surface area contributed by atoms with E-state index in [4.69, 9.17) is 18.0 Å². The van der Waals surface area contributed by atoms with Crippen molar-refractivity contribution in [2.45, 2.75) is 39.7 Å². The molecular weight excluding hydrogens is 246 g/mol. The lowest BCUT2D eigenvalue weighted by molar-refractivity contribution is -0.136.